The van der Waals surface area contributed by atoms with Crippen molar-refractivity contribution in [1.29, 1.82) is 0 Å². The number of hydrogen-bond donors (Lipinski definition) is 1. The lowest BCUT2D eigenvalue weighted by Crippen LogP contribution is -2.19. The zero-order valence-corrected chi connectivity index (χ0v) is 10.1. The van der Waals surface area contributed by atoms with Crippen LogP contribution in [0.2, 0.25) is 0 Å². The van der Waals surface area contributed by atoms with Crippen molar-refractivity contribution in [3.63, 3.8) is 0 Å². The topological polar surface area (TPSA) is 26.0 Å². The van der Waals surface area contributed by atoms with Crippen molar-refractivity contribution in [1.82, 2.24) is 0 Å². The largest absolute Gasteiger partial charge is 0.328 e. The van der Waals surface area contributed by atoms with E-state index in [2.05, 4.69) is 29.4 Å². The van der Waals surface area contributed by atoms with Crippen LogP contribution < -0.4 is 5.73 Å². The Labute approximate surface area is 96.7 Å². The molecule has 0 saturated carbocycles. The molecule has 0 aliphatic heterocycles. The van der Waals surface area contributed by atoms with Gasteiger partial charge in [-0.05, 0) is 44.1 Å². The Morgan fingerprint density at radius 2 is 2.33 bits per heavy atom. The summed E-state index contributed by atoms with van der Waals surface area (Å²) < 4.78 is 0. The van der Waals surface area contributed by atoms with Crippen LogP contribution in [0.25, 0.3) is 0 Å². The minimum Gasteiger partial charge on any atom is -0.328 e. The van der Waals surface area contributed by atoms with Crippen LogP contribution in [0.1, 0.15) is 37.5 Å². The maximum absolute atomic E-state index is 5.99. The predicted molar refractivity (Wildman–Crippen MR) is 67.9 cm³/mol. The highest BCUT2D eigenvalue weighted by atomic mass is 32.1. The fourth-order valence-corrected chi connectivity index (χ4v) is 2.27. The maximum atomic E-state index is 5.99. The first-order chi connectivity index (χ1) is 7.33. The van der Waals surface area contributed by atoms with Gasteiger partial charge in [-0.3, -0.25) is 0 Å². The Morgan fingerprint density at radius 1 is 1.47 bits per heavy atom. The fourth-order valence-electron chi connectivity index (χ4n) is 1.52. The molecular formula is C13H19NS. The molecule has 1 unspecified atom stereocenters. The number of aryl methyl sites for hydroxylation is 1. The highest BCUT2D eigenvalue weighted by Gasteiger charge is 2.01. The Bertz CT molecular complexity index is 305. The highest BCUT2D eigenvalue weighted by Crippen LogP contribution is 2.13. The molecule has 2 N–H and O–H groups in total. The summed E-state index contributed by atoms with van der Waals surface area (Å²) in [6.45, 7) is 1.88. The van der Waals surface area contributed by atoms with Crippen molar-refractivity contribution in [2.24, 2.45) is 5.73 Å². The van der Waals surface area contributed by atoms with E-state index in [0.29, 0.717) is 6.04 Å². The maximum Gasteiger partial charge on any atom is 0.0103 e. The molecule has 0 aliphatic rings. The summed E-state index contributed by atoms with van der Waals surface area (Å²) in [5, 5.41) is 2.13. The van der Waals surface area contributed by atoms with Gasteiger partial charge in [0.2, 0.25) is 0 Å². The van der Waals surface area contributed by atoms with E-state index in [4.69, 9.17) is 5.73 Å². The van der Waals surface area contributed by atoms with Crippen LogP contribution in [0.3, 0.4) is 0 Å². The molecule has 0 radical (unpaired) electrons. The van der Waals surface area contributed by atoms with Crippen molar-refractivity contribution >= 4 is 11.3 Å². The van der Waals surface area contributed by atoms with Crippen LogP contribution in [-0.2, 0) is 6.42 Å². The van der Waals surface area contributed by atoms with Gasteiger partial charge in [0.25, 0.3) is 0 Å². The first-order valence-corrected chi connectivity index (χ1v) is 6.38. The van der Waals surface area contributed by atoms with Gasteiger partial charge >= 0.3 is 0 Å². The SMILES string of the molecule is CC#CCCC(N)CCCc1cccs1. The van der Waals surface area contributed by atoms with Gasteiger partial charge in [-0.25, -0.2) is 0 Å². The zero-order valence-electron chi connectivity index (χ0n) is 9.33. The molecule has 1 atom stereocenters. The van der Waals surface area contributed by atoms with E-state index in [1.807, 2.05) is 18.3 Å². The molecule has 1 nitrogen and oxygen atoms in total. The van der Waals surface area contributed by atoms with Crippen molar-refractivity contribution in [2.75, 3.05) is 0 Å². The summed E-state index contributed by atoms with van der Waals surface area (Å²) in [6, 6.07) is 4.63. The van der Waals surface area contributed by atoms with Gasteiger partial charge in [-0.15, -0.1) is 23.2 Å². The van der Waals surface area contributed by atoms with E-state index >= 15 is 0 Å². The second kappa shape index (κ2) is 7.50. The lowest BCUT2D eigenvalue weighted by molar-refractivity contribution is 0.554. The van der Waals surface area contributed by atoms with Gasteiger partial charge < -0.3 is 5.73 Å². The monoisotopic (exact) mass is 221 g/mol. The van der Waals surface area contributed by atoms with Gasteiger partial charge in [-0.1, -0.05) is 6.07 Å². The van der Waals surface area contributed by atoms with Crippen molar-refractivity contribution in [2.45, 2.75) is 45.1 Å². The Hall–Kier alpha value is -0.780. The Kier molecular flexibility index (Phi) is 6.15. The van der Waals surface area contributed by atoms with E-state index in [9.17, 15) is 0 Å². The van der Waals surface area contributed by atoms with Crippen molar-refractivity contribution < 1.29 is 0 Å². The minimum absolute atomic E-state index is 0.325. The van der Waals surface area contributed by atoms with Crippen molar-refractivity contribution in [3.05, 3.63) is 22.4 Å². The van der Waals surface area contributed by atoms with Crippen LogP contribution in [-0.4, -0.2) is 6.04 Å². The highest BCUT2D eigenvalue weighted by molar-refractivity contribution is 7.09. The van der Waals surface area contributed by atoms with E-state index in [1.165, 1.54) is 17.7 Å². The van der Waals surface area contributed by atoms with Crippen LogP contribution in [0, 0.1) is 11.8 Å². The molecule has 1 rings (SSSR count). The molecule has 0 bridgehead atoms. The second-order valence-electron chi connectivity index (χ2n) is 3.70. The Balaban J connectivity index is 2.06. The third kappa shape index (κ3) is 5.61. The van der Waals surface area contributed by atoms with Gasteiger partial charge in [-0.2, -0.15) is 0 Å². The predicted octanol–water partition coefficient (Wildman–Crippen LogP) is 3.20. The molecule has 1 heterocycles. The van der Waals surface area contributed by atoms with Crippen LogP contribution in [0.5, 0.6) is 0 Å². The van der Waals surface area contributed by atoms with E-state index in [0.717, 1.165) is 19.3 Å². The molecule has 82 valence electrons. The summed E-state index contributed by atoms with van der Waals surface area (Å²) >= 11 is 1.83. The molecule has 2 heteroatoms. The lowest BCUT2D eigenvalue weighted by Gasteiger charge is -2.08. The van der Waals surface area contributed by atoms with Gasteiger partial charge in [0.1, 0.15) is 0 Å². The molecule has 1 aromatic heterocycles. The molecule has 1 aromatic rings. The Morgan fingerprint density at radius 3 is 3.00 bits per heavy atom. The summed E-state index contributed by atoms with van der Waals surface area (Å²) in [5.41, 5.74) is 5.99. The van der Waals surface area contributed by atoms with Gasteiger partial charge in [0.15, 0.2) is 0 Å². The first kappa shape index (κ1) is 12.3. The summed E-state index contributed by atoms with van der Waals surface area (Å²) in [5.74, 6) is 5.95. The molecule has 0 amide bonds. The van der Waals surface area contributed by atoms with Crippen molar-refractivity contribution in [3.8, 4) is 11.8 Å². The van der Waals surface area contributed by atoms with E-state index in [-0.39, 0.29) is 0 Å². The normalized spacial score (nSPS) is 11.9. The summed E-state index contributed by atoms with van der Waals surface area (Å²) in [4.78, 5) is 1.47. The quantitative estimate of drug-likeness (QED) is 0.733. The summed E-state index contributed by atoms with van der Waals surface area (Å²) in [7, 11) is 0. The molecule has 15 heavy (non-hydrogen) atoms. The first-order valence-electron chi connectivity index (χ1n) is 5.50. The zero-order chi connectivity index (χ0) is 10.9. The third-order valence-electron chi connectivity index (χ3n) is 2.40. The second-order valence-corrected chi connectivity index (χ2v) is 4.73. The molecular weight excluding hydrogens is 202 g/mol. The average Bonchev–Trinajstić information content (AvgIpc) is 2.71. The molecule has 0 fully saturated rings. The standard InChI is InChI=1S/C13H19NS/c1-2-3-4-7-12(14)8-5-9-13-10-6-11-15-13/h6,10-12H,4-5,7-9,14H2,1H3. The molecule has 0 spiro atoms. The van der Waals surface area contributed by atoms with Gasteiger partial charge in [0, 0.05) is 17.3 Å². The number of thiophene rings is 1. The number of nitrogens with two attached hydrogens (primary N) is 1. The van der Waals surface area contributed by atoms with Crippen LogP contribution >= 0.6 is 11.3 Å². The van der Waals surface area contributed by atoms with E-state index < -0.39 is 0 Å². The smallest absolute Gasteiger partial charge is 0.0103 e. The van der Waals surface area contributed by atoms with E-state index in [1.54, 1.807) is 0 Å². The molecule has 0 aliphatic carbocycles. The fraction of sp³-hybridized carbons (Fsp3) is 0.538. The summed E-state index contributed by atoms with van der Waals surface area (Å²) in [6.07, 6.45) is 5.46. The van der Waals surface area contributed by atoms with Gasteiger partial charge in [0.05, 0.1) is 0 Å². The minimum atomic E-state index is 0.325. The average molecular weight is 221 g/mol. The molecule has 0 aromatic carbocycles. The number of hydrogen-bond acceptors (Lipinski definition) is 2. The van der Waals surface area contributed by atoms with Crippen LogP contribution in [0.4, 0.5) is 0 Å². The molecule has 0 saturated heterocycles. The number of rotatable bonds is 6. The van der Waals surface area contributed by atoms with Crippen LogP contribution in [0.15, 0.2) is 17.5 Å². The third-order valence-corrected chi connectivity index (χ3v) is 3.33. The lowest BCUT2D eigenvalue weighted by atomic mass is 10.1.